The molecule has 0 fully saturated rings. The number of hydrogen-bond donors (Lipinski definition) is 1. The van der Waals surface area contributed by atoms with Crippen molar-refractivity contribution in [3.8, 4) is 11.5 Å². The summed E-state index contributed by atoms with van der Waals surface area (Å²) in [4.78, 5) is 0. The van der Waals surface area contributed by atoms with E-state index in [0.717, 1.165) is 17.1 Å². The Morgan fingerprint density at radius 3 is 2.33 bits per heavy atom. The average molecular weight is 285 g/mol. The molecule has 0 aliphatic rings. The van der Waals surface area contributed by atoms with Gasteiger partial charge in [0, 0.05) is 17.6 Å². The summed E-state index contributed by atoms with van der Waals surface area (Å²) in [7, 11) is 3.39. The second kappa shape index (κ2) is 7.14. The molecule has 0 aliphatic heterocycles. The van der Waals surface area contributed by atoms with Crippen molar-refractivity contribution < 1.29 is 9.47 Å². The first-order valence-corrected chi connectivity index (χ1v) is 7.18. The van der Waals surface area contributed by atoms with Gasteiger partial charge in [0.2, 0.25) is 0 Å². The van der Waals surface area contributed by atoms with Gasteiger partial charge in [-0.25, -0.2) is 0 Å². The van der Waals surface area contributed by atoms with Crippen molar-refractivity contribution in [3.05, 3.63) is 59.7 Å². The Morgan fingerprint density at radius 2 is 1.62 bits per heavy atom. The van der Waals surface area contributed by atoms with Gasteiger partial charge < -0.3 is 14.8 Å². The minimum atomic E-state index is 0.197. The molecule has 0 amide bonds. The van der Waals surface area contributed by atoms with Crippen LogP contribution in [-0.4, -0.2) is 14.2 Å². The van der Waals surface area contributed by atoms with Crippen molar-refractivity contribution >= 4 is 0 Å². The fourth-order valence-corrected chi connectivity index (χ4v) is 2.50. The van der Waals surface area contributed by atoms with E-state index in [0.29, 0.717) is 0 Å². The van der Waals surface area contributed by atoms with E-state index in [4.69, 9.17) is 9.47 Å². The highest BCUT2D eigenvalue weighted by Crippen LogP contribution is 2.27. The molecule has 2 atom stereocenters. The van der Waals surface area contributed by atoms with Gasteiger partial charge in [-0.3, -0.25) is 0 Å². The van der Waals surface area contributed by atoms with Gasteiger partial charge in [0.15, 0.2) is 0 Å². The molecule has 0 aliphatic carbocycles. The Balaban J connectivity index is 2.12. The molecule has 0 radical (unpaired) electrons. The van der Waals surface area contributed by atoms with Gasteiger partial charge >= 0.3 is 0 Å². The van der Waals surface area contributed by atoms with Crippen LogP contribution in [0.25, 0.3) is 0 Å². The Bertz CT molecular complexity index is 583. The van der Waals surface area contributed by atoms with Crippen LogP contribution < -0.4 is 14.8 Å². The molecule has 0 spiro atoms. The van der Waals surface area contributed by atoms with E-state index in [1.807, 2.05) is 30.3 Å². The number of nitrogens with one attached hydrogen (secondary N) is 1. The van der Waals surface area contributed by atoms with E-state index in [1.165, 1.54) is 5.56 Å². The van der Waals surface area contributed by atoms with Crippen LogP contribution in [0.15, 0.2) is 48.5 Å². The number of para-hydroxylation sites is 1. The summed E-state index contributed by atoms with van der Waals surface area (Å²) in [6.07, 6.45) is 0. The van der Waals surface area contributed by atoms with Gasteiger partial charge in [0.25, 0.3) is 0 Å². The summed E-state index contributed by atoms with van der Waals surface area (Å²) in [6, 6.07) is 16.7. The quantitative estimate of drug-likeness (QED) is 0.866. The molecular formula is C18H23NO2. The van der Waals surface area contributed by atoms with Crippen molar-refractivity contribution in [1.82, 2.24) is 5.32 Å². The molecule has 1 N–H and O–H groups in total. The lowest BCUT2D eigenvalue weighted by atomic mass is 10.0. The van der Waals surface area contributed by atoms with Crippen molar-refractivity contribution in [1.29, 1.82) is 0 Å². The third-order valence-corrected chi connectivity index (χ3v) is 3.70. The maximum absolute atomic E-state index is 5.43. The molecular weight excluding hydrogens is 262 g/mol. The van der Waals surface area contributed by atoms with Gasteiger partial charge in [-0.05, 0) is 37.6 Å². The maximum Gasteiger partial charge on any atom is 0.123 e. The third-order valence-electron chi connectivity index (χ3n) is 3.70. The number of rotatable bonds is 6. The average Bonchev–Trinajstić information content (AvgIpc) is 2.54. The van der Waals surface area contributed by atoms with Gasteiger partial charge in [0.1, 0.15) is 11.5 Å². The van der Waals surface area contributed by atoms with E-state index in [2.05, 4.69) is 37.4 Å². The van der Waals surface area contributed by atoms with Gasteiger partial charge in [-0.2, -0.15) is 0 Å². The zero-order valence-electron chi connectivity index (χ0n) is 13.1. The summed E-state index contributed by atoms with van der Waals surface area (Å²) in [5.74, 6) is 1.79. The number of ether oxygens (including phenoxy) is 2. The zero-order valence-corrected chi connectivity index (χ0v) is 13.1. The molecule has 3 nitrogen and oxygen atoms in total. The van der Waals surface area contributed by atoms with Crippen molar-refractivity contribution in [2.75, 3.05) is 14.2 Å². The Labute approximate surface area is 126 Å². The van der Waals surface area contributed by atoms with Gasteiger partial charge in [-0.15, -0.1) is 0 Å². The van der Waals surface area contributed by atoms with E-state index in [9.17, 15) is 0 Å². The molecule has 112 valence electrons. The van der Waals surface area contributed by atoms with E-state index in [1.54, 1.807) is 14.2 Å². The molecule has 21 heavy (non-hydrogen) atoms. The fraction of sp³-hybridized carbons (Fsp3) is 0.333. The van der Waals surface area contributed by atoms with Crippen LogP contribution in [0, 0.1) is 0 Å². The van der Waals surface area contributed by atoms with E-state index < -0.39 is 0 Å². The lowest BCUT2D eigenvalue weighted by Gasteiger charge is -2.22. The molecule has 2 rings (SSSR count). The molecule has 0 saturated carbocycles. The molecule has 0 aromatic heterocycles. The van der Waals surface area contributed by atoms with Crippen molar-refractivity contribution in [2.45, 2.75) is 25.9 Å². The normalized spacial score (nSPS) is 13.5. The van der Waals surface area contributed by atoms with Crippen LogP contribution >= 0.6 is 0 Å². The lowest BCUT2D eigenvalue weighted by Crippen LogP contribution is -2.22. The molecule has 0 saturated heterocycles. The molecule has 3 heteroatoms. The standard InChI is InChI=1S/C18H23NO2/c1-13(15-8-7-9-16(12-15)20-3)19-14(2)17-10-5-6-11-18(17)21-4/h5-14,19H,1-4H3/t13?,14-/m0/s1. The predicted octanol–water partition coefficient (Wildman–Crippen LogP) is 4.12. The maximum atomic E-state index is 5.43. The first-order chi connectivity index (χ1) is 10.2. The minimum absolute atomic E-state index is 0.197. The number of hydrogen-bond acceptors (Lipinski definition) is 3. The topological polar surface area (TPSA) is 30.5 Å². The largest absolute Gasteiger partial charge is 0.497 e. The van der Waals surface area contributed by atoms with E-state index >= 15 is 0 Å². The monoisotopic (exact) mass is 285 g/mol. The zero-order chi connectivity index (χ0) is 15.2. The van der Waals surface area contributed by atoms with Gasteiger partial charge in [-0.1, -0.05) is 30.3 Å². The first kappa shape index (κ1) is 15.4. The van der Waals surface area contributed by atoms with Crippen LogP contribution in [0.5, 0.6) is 11.5 Å². The molecule has 1 unspecified atom stereocenters. The Hall–Kier alpha value is -2.00. The number of methoxy groups -OCH3 is 2. The third kappa shape index (κ3) is 3.76. The fourth-order valence-electron chi connectivity index (χ4n) is 2.50. The molecule has 2 aromatic carbocycles. The summed E-state index contributed by atoms with van der Waals surface area (Å²) in [5.41, 5.74) is 2.37. The van der Waals surface area contributed by atoms with Gasteiger partial charge in [0.05, 0.1) is 14.2 Å². The van der Waals surface area contributed by atoms with Crippen LogP contribution in [0.2, 0.25) is 0 Å². The molecule has 0 heterocycles. The summed E-state index contributed by atoms with van der Waals surface area (Å²) in [6.45, 7) is 4.30. The highest BCUT2D eigenvalue weighted by molar-refractivity contribution is 5.36. The summed E-state index contributed by atoms with van der Waals surface area (Å²) in [5, 5.41) is 3.60. The second-order valence-electron chi connectivity index (χ2n) is 5.13. The molecule has 2 aromatic rings. The van der Waals surface area contributed by atoms with E-state index in [-0.39, 0.29) is 12.1 Å². The van der Waals surface area contributed by atoms with Crippen LogP contribution in [0.3, 0.4) is 0 Å². The molecule has 0 bridgehead atoms. The summed E-state index contributed by atoms with van der Waals surface area (Å²) >= 11 is 0. The Kier molecular flexibility index (Phi) is 5.23. The number of benzene rings is 2. The first-order valence-electron chi connectivity index (χ1n) is 7.18. The SMILES string of the molecule is COc1cccc(C(C)N[C@@H](C)c2ccccc2OC)c1. The smallest absolute Gasteiger partial charge is 0.123 e. The summed E-state index contributed by atoms with van der Waals surface area (Å²) < 4.78 is 10.7. The second-order valence-corrected chi connectivity index (χ2v) is 5.13. The highest BCUT2D eigenvalue weighted by Gasteiger charge is 2.14. The van der Waals surface area contributed by atoms with Crippen LogP contribution in [0.1, 0.15) is 37.1 Å². The van der Waals surface area contributed by atoms with Crippen molar-refractivity contribution in [2.24, 2.45) is 0 Å². The van der Waals surface area contributed by atoms with Crippen LogP contribution in [0.4, 0.5) is 0 Å². The predicted molar refractivity (Wildman–Crippen MR) is 86.0 cm³/mol. The van der Waals surface area contributed by atoms with Crippen molar-refractivity contribution in [3.63, 3.8) is 0 Å². The minimum Gasteiger partial charge on any atom is -0.497 e. The Morgan fingerprint density at radius 1 is 0.857 bits per heavy atom. The van der Waals surface area contributed by atoms with Crippen LogP contribution in [-0.2, 0) is 0 Å². The highest BCUT2D eigenvalue weighted by atomic mass is 16.5. The lowest BCUT2D eigenvalue weighted by molar-refractivity contribution is 0.395.